The first-order valence-corrected chi connectivity index (χ1v) is 9.20. The van der Waals surface area contributed by atoms with Crippen LogP contribution < -0.4 is 5.32 Å². The van der Waals surface area contributed by atoms with Gasteiger partial charge in [-0.1, -0.05) is 12.1 Å². The van der Waals surface area contributed by atoms with Crippen LogP contribution in [0.15, 0.2) is 42.7 Å². The Morgan fingerprint density at radius 1 is 1.26 bits per heavy atom. The highest BCUT2D eigenvalue weighted by molar-refractivity contribution is 5.94. The van der Waals surface area contributed by atoms with E-state index in [0.717, 1.165) is 18.4 Å². The molecule has 1 fully saturated rings. The van der Waals surface area contributed by atoms with E-state index in [1.807, 2.05) is 48.3 Å². The van der Waals surface area contributed by atoms with Gasteiger partial charge in [0.15, 0.2) is 0 Å². The van der Waals surface area contributed by atoms with Crippen LogP contribution in [0, 0.1) is 0 Å². The van der Waals surface area contributed by atoms with Gasteiger partial charge in [0.1, 0.15) is 0 Å². The predicted octanol–water partition coefficient (Wildman–Crippen LogP) is 1.69. The van der Waals surface area contributed by atoms with Crippen LogP contribution in [0.25, 0.3) is 0 Å². The molecular weight excluding hydrogens is 344 g/mol. The molecule has 0 aliphatic carbocycles. The number of rotatable bonds is 7. The van der Waals surface area contributed by atoms with Gasteiger partial charge < -0.3 is 10.1 Å². The van der Waals surface area contributed by atoms with E-state index >= 15 is 0 Å². The Balaban J connectivity index is 1.53. The average molecular weight is 370 g/mol. The number of aromatic nitrogens is 2. The number of nitrogens with zero attached hydrogens (tertiary/aromatic N) is 3. The number of benzene rings is 1. The summed E-state index contributed by atoms with van der Waals surface area (Å²) in [6.07, 6.45) is 5.92. The summed E-state index contributed by atoms with van der Waals surface area (Å²) in [5.41, 5.74) is 1.67. The van der Waals surface area contributed by atoms with Gasteiger partial charge in [-0.15, -0.1) is 0 Å². The second-order valence-corrected chi connectivity index (χ2v) is 6.94. The Morgan fingerprint density at radius 3 is 2.81 bits per heavy atom. The molecule has 0 unspecified atom stereocenters. The SMILES string of the molecule is COC(=O)C[C@H]1CC[C@@H](CNC(=O)c2cccc(Cn3cccn3)c2)N1C. The van der Waals surface area contributed by atoms with E-state index in [2.05, 4.69) is 15.3 Å². The van der Waals surface area contributed by atoms with E-state index in [1.165, 1.54) is 7.11 Å². The minimum absolute atomic E-state index is 0.0814. The minimum Gasteiger partial charge on any atom is -0.469 e. The normalized spacial score (nSPS) is 19.8. The maximum atomic E-state index is 12.5. The summed E-state index contributed by atoms with van der Waals surface area (Å²) < 4.78 is 6.58. The second kappa shape index (κ2) is 8.81. The molecule has 1 N–H and O–H groups in total. The number of hydrogen-bond donors (Lipinski definition) is 1. The van der Waals surface area contributed by atoms with Crippen LogP contribution in [0.5, 0.6) is 0 Å². The zero-order chi connectivity index (χ0) is 19.2. The Bertz CT molecular complexity index is 775. The van der Waals surface area contributed by atoms with Crippen molar-refractivity contribution >= 4 is 11.9 Å². The Hall–Kier alpha value is -2.67. The van der Waals surface area contributed by atoms with Crippen molar-refractivity contribution in [2.24, 2.45) is 0 Å². The molecule has 1 aliphatic rings. The van der Waals surface area contributed by atoms with Gasteiger partial charge >= 0.3 is 5.97 Å². The summed E-state index contributed by atoms with van der Waals surface area (Å²) in [7, 11) is 3.41. The highest BCUT2D eigenvalue weighted by Gasteiger charge is 2.32. The van der Waals surface area contributed by atoms with Gasteiger partial charge in [-0.05, 0) is 43.7 Å². The largest absolute Gasteiger partial charge is 0.469 e. The molecule has 3 rings (SSSR count). The summed E-state index contributed by atoms with van der Waals surface area (Å²) in [6, 6.07) is 9.88. The molecule has 0 radical (unpaired) electrons. The fourth-order valence-electron chi connectivity index (χ4n) is 3.56. The number of carbonyl (C=O) groups excluding carboxylic acids is 2. The van der Waals surface area contributed by atoms with Crippen molar-refractivity contribution in [2.45, 2.75) is 37.9 Å². The molecule has 2 atom stereocenters. The third kappa shape index (κ3) is 4.95. The number of likely N-dealkylation sites (N-methyl/N-ethyl adjacent to an activating group) is 1. The molecule has 0 spiro atoms. The quantitative estimate of drug-likeness (QED) is 0.751. The predicted molar refractivity (Wildman–Crippen MR) is 101 cm³/mol. The number of hydrogen-bond acceptors (Lipinski definition) is 5. The second-order valence-electron chi connectivity index (χ2n) is 6.94. The minimum atomic E-state index is -0.189. The molecule has 0 bridgehead atoms. The van der Waals surface area contributed by atoms with Crippen molar-refractivity contribution in [3.63, 3.8) is 0 Å². The van der Waals surface area contributed by atoms with Crippen LogP contribution in [0.1, 0.15) is 35.2 Å². The van der Waals surface area contributed by atoms with E-state index in [9.17, 15) is 9.59 Å². The molecule has 27 heavy (non-hydrogen) atoms. The van der Waals surface area contributed by atoms with Crippen molar-refractivity contribution in [1.29, 1.82) is 0 Å². The monoisotopic (exact) mass is 370 g/mol. The highest BCUT2D eigenvalue weighted by atomic mass is 16.5. The van der Waals surface area contributed by atoms with Gasteiger partial charge in [0.25, 0.3) is 5.91 Å². The standard InChI is InChI=1S/C20H26N4O3/c1-23-17(12-19(25)27-2)7-8-18(23)13-21-20(26)16-6-3-5-15(11-16)14-24-10-4-9-22-24/h3-6,9-11,17-18H,7-8,12-14H2,1-2H3,(H,21,26)/t17-,18+/m1/s1. The Morgan fingerprint density at radius 2 is 2.07 bits per heavy atom. The van der Waals surface area contributed by atoms with Crippen LogP contribution in [-0.2, 0) is 16.1 Å². The summed E-state index contributed by atoms with van der Waals surface area (Å²) in [4.78, 5) is 26.2. The summed E-state index contributed by atoms with van der Waals surface area (Å²) in [5.74, 6) is -0.271. The zero-order valence-corrected chi connectivity index (χ0v) is 15.8. The van der Waals surface area contributed by atoms with Crippen molar-refractivity contribution in [3.8, 4) is 0 Å². The fourth-order valence-corrected chi connectivity index (χ4v) is 3.56. The molecule has 7 nitrogen and oxygen atoms in total. The molecule has 1 aromatic heterocycles. The first kappa shape index (κ1) is 19.1. The molecule has 2 aromatic rings. The number of methoxy groups -OCH3 is 1. The van der Waals surface area contributed by atoms with Crippen molar-refractivity contribution < 1.29 is 14.3 Å². The van der Waals surface area contributed by atoms with Gasteiger partial charge in [-0.3, -0.25) is 19.2 Å². The van der Waals surface area contributed by atoms with Gasteiger partial charge in [-0.25, -0.2) is 0 Å². The zero-order valence-electron chi connectivity index (χ0n) is 15.8. The number of esters is 1. The lowest BCUT2D eigenvalue weighted by molar-refractivity contribution is -0.141. The van der Waals surface area contributed by atoms with Crippen LogP contribution in [-0.4, -0.2) is 59.3 Å². The van der Waals surface area contributed by atoms with Crippen LogP contribution in [0.4, 0.5) is 0 Å². The van der Waals surface area contributed by atoms with Crippen LogP contribution in [0.2, 0.25) is 0 Å². The van der Waals surface area contributed by atoms with E-state index in [-0.39, 0.29) is 24.0 Å². The molecule has 144 valence electrons. The lowest BCUT2D eigenvalue weighted by Gasteiger charge is -2.25. The lowest BCUT2D eigenvalue weighted by atomic mass is 10.1. The number of likely N-dealkylation sites (tertiary alicyclic amines) is 1. The molecule has 1 aliphatic heterocycles. The first-order chi connectivity index (χ1) is 13.1. The van der Waals surface area contributed by atoms with Gasteiger partial charge in [0.2, 0.25) is 0 Å². The number of amides is 1. The molecule has 1 amide bonds. The number of carbonyl (C=O) groups is 2. The average Bonchev–Trinajstić information content (AvgIpc) is 3.30. The molecule has 7 heteroatoms. The van der Waals surface area contributed by atoms with Gasteiger partial charge in [0.05, 0.1) is 20.1 Å². The first-order valence-electron chi connectivity index (χ1n) is 9.20. The Kier molecular flexibility index (Phi) is 6.24. The lowest BCUT2D eigenvalue weighted by Crippen LogP contribution is -2.41. The summed E-state index contributed by atoms with van der Waals surface area (Å²) in [6.45, 7) is 1.20. The van der Waals surface area contributed by atoms with Gasteiger partial charge in [0, 0.05) is 36.6 Å². The van der Waals surface area contributed by atoms with E-state index in [0.29, 0.717) is 25.1 Å². The van der Waals surface area contributed by atoms with E-state index < -0.39 is 0 Å². The summed E-state index contributed by atoms with van der Waals surface area (Å²) in [5, 5.41) is 7.22. The maximum Gasteiger partial charge on any atom is 0.307 e. The molecular formula is C20H26N4O3. The maximum absolute atomic E-state index is 12.5. The van der Waals surface area contributed by atoms with E-state index in [1.54, 1.807) is 6.20 Å². The molecule has 0 saturated carbocycles. The number of nitrogens with one attached hydrogen (secondary N) is 1. The van der Waals surface area contributed by atoms with Crippen LogP contribution >= 0.6 is 0 Å². The van der Waals surface area contributed by atoms with Crippen molar-refractivity contribution in [1.82, 2.24) is 20.0 Å². The highest BCUT2D eigenvalue weighted by Crippen LogP contribution is 2.24. The summed E-state index contributed by atoms with van der Waals surface area (Å²) >= 11 is 0. The Labute approximate surface area is 159 Å². The third-order valence-electron chi connectivity index (χ3n) is 5.21. The number of ether oxygens (including phenoxy) is 1. The van der Waals surface area contributed by atoms with E-state index in [4.69, 9.17) is 4.74 Å². The topological polar surface area (TPSA) is 76.5 Å². The molecule has 1 aromatic carbocycles. The van der Waals surface area contributed by atoms with Gasteiger partial charge in [-0.2, -0.15) is 5.10 Å². The molecule has 2 heterocycles. The van der Waals surface area contributed by atoms with Crippen molar-refractivity contribution in [2.75, 3.05) is 20.7 Å². The van der Waals surface area contributed by atoms with Crippen LogP contribution in [0.3, 0.4) is 0 Å². The van der Waals surface area contributed by atoms with Crippen molar-refractivity contribution in [3.05, 3.63) is 53.9 Å². The molecule has 1 saturated heterocycles. The fraction of sp³-hybridized carbons (Fsp3) is 0.450. The smallest absolute Gasteiger partial charge is 0.307 e. The third-order valence-corrected chi connectivity index (χ3v) is 5.21.